The number of nitrogens with one attached hydrogen (secondary N) is 1. The fourth-order valence-corrected chi connectivity index (χ4v) is 4.53. The molecule has 1 aliphatic carbocycles. The van der Waals surface area contributed by atoms with Gasteiger partial charge in [-0.3, -0.25) is 4.57 Å². The minimum Gasteiger partial charge on any atom is -0.497 e. The summed E-state index contributed by atoms with van der Waals surface area (Å²) in [7, 11) is 3.34. The van der Waals surface area contributed by atoms with Gasteiger partial charge in [-0.15, -0.1) is 0 Å². The number of benzene rings is 1. The molecule has 2 aliphatic rings. The summed E-state index contributed by atoms with van der Waals surface area (Å²) in [4.78, 5) is 27.1. The van der Waals surface area contributed by atoms with E-state index in [4.69, 9.17) is 4.74 Å². The molecule has 1 saturated heterocycles. The summed E-state index contributed by atoms with van der Waals surface area (Å²) in [5, 5.41) is 7.51. The summed E-state index contributed by atoms with van der Waals surface area (Å²) in [6.07, 6.45) is 6.09. The number of aromatic nitrogens is 3. The average Bonchev–Trinajstić information content (AvgIpc) is 3.36. The van der Waals surface area contributed by atoms with Crippen LogP contribution >= 0.6 is 0 Å². The Morgan fingerprint density at radius 1 is 1.17 bits per heavy atom. The van der Waals surface area contributed by atoms with Crippen LogP contribution in [-0.4, -0.2) is 45.5 Å². The summed E-state index contributed by atoms with van der Waals surface area (Å²) >= 11 is 0. The van der Waals surface area contributed by atoms with E-state index in [0.29, 0.717) is 18.8 Å². The molecule has 8 heteroatoms. The molecule has 1 aromatic carbocycles. The van der Waals surface area contributed by atoms with Gasteiger partial charge in [0.05, 0.1) is 7.11 Å². The Labute approximate surface area is 170 Å². The van der Waals surface area contributed by atoms with Crippen LogP contribution in [0.2, 0.25) is 0 Å². The number of piperidine rings is 1. The van der Waals surface area contributed by atoms with Gasteiger partial charge in [0.25, 0.3) is 0 Å². The summed E-state index contributed by atoms with van der Waals surface area (Å²) in [5.41, 5.74) is 0.710. The summed E-state index contributed by atoms with van der Waals surface area (Å²) in [6.45, 7) is 1.30. The highest BCUT2D eigenvalue weighted by atomic mass is 16.5. The predicted octanol–water partition coefficient (Wildman–Crippen LogP) is 3.12. The number of carbonyl (C=O) groups is 1. The van der Waals surface area contributed by atoms with Crippen LogP contribution in [0.1, 0.15) is 56.3 Å². The lowest BCUT2D eigenvalue weighted by molar-refractivity contribution is 0.192. The second-order valence-electron chi connectivity index (χ2n) is 8.00. The first kappa shape index (κ1) is 19.5. The van der Waals surface area contributed by atoms with E-state index in [2.05, 4.69) is 10.4 Å². The minimum atomic E-state index is -0.106. The molecule has 1 N–H and O–H groups in total. The van der Waals surface area contributed by atoms with Crippen LogP contribution in [0.5, 0.6) is 5.75 Å². The van der Waals surface area contributed by atoms with Crippen molar-refractivity contribution < 1.29 is 9.53 Å². The second kappa shape index (κ2) is 8.31. The predicted molar refractivity (Wildman–Crippen MR) is 111 cm³/mol. The zero-order valence-electron chi connectivity index (χ0n) is 17.1. The fourth-order valence-electron chi connectivity index (χ4n) is 4.53. The maximum Gasteiger partial charge on any atom is 0.345 e. The number of hydrogen-bond donors (Lipinski definition) is 1. The molecule has 29 heavy (non-hydrogen) atoms. The number of aryl methyl sites for hydroxylation is 1. The number of urea groups is 1. The van der Waals surface area contributed by atoms with Gasteiger partial charge in [-0.25, -0.2) is 14.3 Å². The normalized spacial score (nSPS) is 18.2. The molecule has 2 amide bonds. The highest BCUT2D eigenvalue weighted by Crippen LogP contribution is 2.33. The standard InChI is InChI=1S/C21H29N5O3/c1-24-21(28)26(17-7-3-4-8-17)19(23-24)15-10-12-25(13-11-15)20(27)22-16-6-5-9-18(14-16)29-2/h5-6,9,14-15,17H,3-4,7-8,10-13H2,1-2H3,(H,22,27). The molecular formula is C21H29N5O3. The molecule has 1 aliphatic heterocycles. The molecule has 2 fully saturated rings. The Morgan fingerprint density at radius 2 is 1.90 bits per heavy atom. The first-order valence-corrected chi connectivity index (χ1v) is 10.4. The molecule has 4 rings (SSSR count). The van der Waals surface area contributed by atoms with E-state index < -0.39 is 0 Å². The molecule has 0 bridgehead atoms. The third-order valence-corrected chi connectivity index (χ3v) is 6.14. The first-order valence-electron chi connectivity index (χ1n) is 10.4. The highest BCUT2D eigenvalue weighted by Gasteiger charge is 2.31. The molecule has 1 aromatic heterocycles. The first-order chi connectivity index (χ1) is 14.1. The zero-order chi connectivity index (χ0) is 20.4. The molecule has 2 aromatic rings. The van der Waals surface area contributed by atoms with Gasteiger partial charge in [-0.2, -0.15) is 5.10 Å². The second-order valence-corrected chi connectivity index (χ2v) is 8.00. The van der Waals surface area contributed by atoms with Crippen LogP contribution in [0.4, 0.5) is 10.5 Å². The number of carbonyl (C=O) groups excluding carboxylic acids is 1. The summed E-state index contributed by atoms with van der Waals surface area (Å²) < 4.78 is 8.61. The monoisotopic (exact) mass is 399 g/mol. The summed E-state index contributed by atoms with van der Waals surface area (Å²) in [5.74, 6) is 1.82. The van der Waals surface area contributed by atoms with Crippen molar-refractivity contribution in [3.8, 4) is 5.75 Å². The van der Waals surface area contributed by atoms with Crippen LogP contribution in [0, 0.1) is 0 Å². The Morgan fingerprint density at radius 3 is 2.59 bits per heavy atom. The largest absolute Gasteiger partial charge is 0.497 e. The number of amides is 2. The van der Waals surface area contributed by atoms with E-state index in [1.165, 1.54) is 17.5 Å². The maximum atomic E-state index is 12.6. The summed E-state index contributed by atoms with van der Waals surface area (Å²) in [6, 6.07) is 7.52. The van der Waals surface area contributed by atoms with Crippen molar-refractivity contribution in [2.24, 2.45) is 7.05 Å². The smallest absolute Gasteiger partial charge is 0.345 e. The van der Waals surface area contributed by atoms with Gasteiger partial charge in [0.15, 0.2) is 0 Å². The van der Waals surface area contributed by atoms with E-state index in [1.807, 2.05) is 27.7 Å². The quantitative estimate of drug-likeness (QED) is 0.856. The third kappa shape index (κ3) is 4.02. The van der Waals surface area contributed by atoms with Gasteiger partial charge in [-0.05, 0) is 37.8 Å². The van der Waals surface area contributed by atoms with Crippen molar-refractivity contribution in [3.63, 3.8) is 0 Å². The molecule has 0 atom stereocenters. The molecule has 8 nitrogen and oxygen atoms in total. The van der Waals surface area contributed by atoms with Crippen LogP contribution in [-0.2, 0) is 7.05 Å². The van der Waals surface area contributed by atoms with Gasteiger partial charge in [0.1, 0.15) is 11.6 Å². The molecule has 0 unspecified atom stereocenters. The molecular weight excluding hydrogens is 370 g/mol. The number of methoxy groups -OCH3 is 1. The third-order valence-electron chi connectivity index (χ3n) is 6.14. The number of anilines is 1. The van der Waals surface area contributed by atoms with Crippen LogP contribution < -0.4 is 15.7 Å². The maximum absolute atomic E-state index is 12.6. The Balaban J connectivity index is 1.41. The van der Waals surface area contributed by atoms with Crippen molar-refractivity contribution >= 4 is 11.7 Å². The van der Waals surface area contributed by atoms with E-state index in [1.54, 1.807) is 20.2 Å². The number of nitrogens with zero attached hydrogens (tertiary/aromatic N) is 4. The fraction of sp³-hybridized carbons (Fsp3) is 0.571. The Bertz CT molecular complexity index is 921. The van der Waals surface area contributed by atoms with Gasteiger partial charge in [0.2, 0.25) is 0 Å². The van der Waals surface area contributed by atoms with Crippen molar-refractivity contribution in [1.82, 2.24) is 19.2 Å². The van der Waals surface area contributed by atoms with Gasteiger partial charge in [0, 0.05) is 43.9 Å². The molecule has 2 heterocycles. The average molecular weight is 399 g/mol. The lowest BCUT2D eigenvalue weighted by Crippen LogP contribution is -2.41. The van der Waals surface area contributed by atoms with Gasteiger partial charge < -0.3 is 15.0 Å². The number of hydrogen-bond acceptors (Lipinski definition) is 4. The van der Waals surface area contributed by atoms with Crippen molar-refractivity contribution in [1.29, 1.82) is 0 Å². The van der Waals surface area contributed by atoms with Crippen LogP contribution in [0.15, 0.2) is 29.1 Å². The highest BCUT2D eigenvalue weighted by molar-refractivity contribution is 5.89. The van der Waals surface area contributed by atoms with Crippen LogP contribution in [0.3, 0.4) is 0 Å². The molecule has 1 saturated carbocycles. The molecule has 0 radical (unpaired) electrons. The minimum absolute atomic E-state index is 0.00917. The topological polar surface area (TPSA) is 81.4 Å². The van der Waals surface area contributed by atoms with Gasteiger partial charge >= 0.3 is 11.7 Å². The van der Waals surface area contributed by atoms with Crippen molar-refractivity contribution in [3.05, 3.63) is 40.6 Å². The van der Waals surface area contributed by atoms with E-state index in [0.717, 1.165) is 37.2 Å². The Hall–Kier alpha value is -2.77. The van der Waals surface area contributed by atoms with Crippen molar-refractivity contribution in [2.75, 3.05) is 25.5 Å². The number of ether oxygens (including phenoxy) is 1. The lowest BCUT2D eigenvalue weighted by atomic mass is 9.95. The lowest BCUT2D eigenvalue weighted by Gasteiger charge is -2.32. The van der Waals surface area contributed by atoms with E-state index >= 15 is 0 Å². The van der Waals surface area contributed by atoms with E-state index in [9.17, 15) is 9.59 Å². The molecule has 156 valence electrons. The molecule has 0 spiro atoms. The zero-order valence-corrected chi connectivity index (χ0v) is 17.1. The number of likely N-dealkylation sites (tertiary alicyclic amines) is 1. The van der Waals surface area contributed by atoms with Crippen LogP contribution in [0.25, 0.3) is 0 Å². The van der Waals surface area contributed by atoms with Crippen molar-refractivity contribution in [2.45, 2.75) is 50.5 Å². The number of rotatable bonds is 4. The van der Waals surface area contributed by atoms with E-state index in [-0.39, 0.29) is 23.7 Å². The Kier molecular flexibility index (Phi) is 5.60. The SMILES string of the molecule is COc1cccc(NC(=O)N2CCC(c3nn(C)c(=O)n3C3CCCC3)CC2)c1. The van der Waals surface area contributed by atoms with Gasteiger partial charge in [-0.1, -0.05) is 18.9 Å².